The molecule has 0 radical (unpaired) electrons. The predicted molar refractivity (Wildman–Crippen MR) is 88.8 cm³/mol. The Morgan fingerprint density at radius 2 is 1.09 bits per heavy atom. The molecular weight excluding hydrogens is 276 g/mol. The lowest BCUT2D eigenvalue weighted by Crippen LogP contribution is -2.06. The van der Waals surface area contributed by atoms with Crippen molar-refractivity contribution in [3.8, 4) is 11.5 Å². The molecule has 0 N–H and O–H groups in total. The van der Waals surface area contributed by atoms with Gasteiger partial charge in [0.15, 0.2) is 0 Å². The van der Waals surface area contributed by atoms with E-state index < -0.39 is 0 Å². The maximum atomic E-state index is 5.78. The minimum Gasteiger partial charge on any atom is -0.491 e. The standard InChI is InChI=1S/C18H18N2O2/c1-3-7-17-15(5-1)13-19-9-12-22-18-8-4-2-6-16(18)14-20-10-11-21-17/h1-8,13-14H,9-12H2. The summed E-state index contributed by atoms with van der Waals surface area (Å²) in [7, 11) is 0. The molecule has 0 atom stereocenters. The lowest BCUT2D eigenvalue weighted by Gasteiger charge is -2.10. The first kappa shape index (κ1) is 14.3. The van der Waals surface area contributed by atoms with Crippen molar-refractivity contribution in [2.45, 2.75) is 0 Å². The highest BCUT2D eigenvalue weighted by Gasteiger charge is 2.02. The second-order valence-corrected chi connectivity index (χ2v) is 4.84. The van der Waals surface area contributed by atoms with E-state index in [1.54, 1.807) is 0 Å². The van der Waals surface area contributed by atoms with Crippen LogP contribution in [0, 0.1) is 0 Å². The summed E-state index contributed by atoms with van der Waals surface area (Å²) < 4.78 is 11.6. The molecule has 0 saturated carbocycles. The molecule has 1 aliphatic heterocycles. The van der Waals surface area contributed by atoms with E-state index in [9.17, 15) is 0 Å². The van der Waals surface area contributed by atoms with Gasteiger partial charge in [0.05, 0.1) is 13.1 Å². The summed E-state index contributed by atoms with van der Waals surface area (Å²) in [4.78, 5) is 8.82. The fourth-order valence-corrected chi connectivity index (χ4v) is 2.18. The van der Waals surface area contributed by atoms with Crippen molar-refractivity contribution in [1.82, 2.24) is 0 Å². The Balaban J connectivity index is 1.79. The Kier molecular flexibility index (Phi) is 4.82. The SMILES string of the molecule is C1=NCCOc2ccccc2C=NCCOc2ccccc21. The molecule has 4 nitrogen and oxygen atoms in total. The smallest absolute Gasteiger partial charge is 0.128 e. The van der Waals surface area contributed by atoms with Crippen LogP contribution >= 0.6 is 0 Å². The first-order chi connectivity index (χ1) is 10.9. The first-order valence-electron chi connectivity index (χ1n) is 7.37. The second-order valence-electron chi connectivity index (χ2n) is 4.84. The quantitative estimate of drug-likeness (QED) is 0.749. The number of hydrogen-bond acceptors (Lipinski definition) is 4. The number of nitrogens with zero attached hydrogens (tertiary/aromatic N) is 2. The van der Waals surface area contributed by atoms with Gasteiger partial charge in [-0.15, -0.1) is 0 Å². The number of fused-ring (bicyclic) bond motifs is 2. The molecule has 112 valence electrons. The van der Waals surface area contributed by atoms with Gasteiger partial charge in [-0.3, -0.25) is 9.98 Å². The summed E-state index contributed by atoms with van der Waals surface area (Å²) in [6, 6.07) is 15.7. The van der Waals surface area contributed by atoms with Crippen LogP contribution in [0.3, 0.4) is 0 Å². The maximum Gasteiger partial charge on any atom is 0.128 e. The highest BCUT2D eigenvalue weighted by atomic mass is 16.5. The van der Waals surface area contributed by atoms with Gasteiger partial charge < -0.3 is 9.47 Å². The van der Waals surface area contributed by atoms with Gasteiger partial charge in [0, 0.05) is 23.6 Å². The summed E-state index contributed by atoms with van der Waals surface area (Å²) in [5.41, 5.74) is 1.95. The van der Waals surface area contributed by atoms with Crippen molar-refractivity contribution >= 4 is 12.4 Å². The summed E-state index contributed by atoms with van der Waals surface area (Å²) in [5.74, 6) is 1.67. The molecule has 0 fully saturated rings. The van der Waals surface area contributed by atoms with Gasteiger partial charge in [0.2, 0.25) is 0 Å². The molecule has 3 rings (SSSR count). The fourth-order valence-electron chi connectivity index (χ4n) is 2.18. The summed E-state index contributed by atoms with van der Waals surface area (Å²) >= 11 is 0. The monoisotopic (exact) mass is 294 g/mol. The number of aliphatic imine (C=N–C) groups is 2. The summed E-state index contributed by atoms with van der Waals surface area (Å²) in [6.07, 6.45) is 3.67. The van der Waals surface area contributed by atoms with E-state index in [1.165, 1.54) is 0 Å². The Morgan fingerprint density at radius 1 is 0.636 bits per heavy atom. The van der Waals surface area contributed by atoms with E-state index in [4.69, 9.17) is 9.47 Å². The number of ether oxygens (including phenoxy) is 2. The average molecular weight is 294 g/mol. The van der Waals surface area contributed by atoms with Crippen LogP contribution in [0.1, 0.15) is 11.1 Å². The van der Waals surface area contributed by atoms with Gasteiger partial charge in [0.1, 0.15) is 24.7 Å². The molecule has 1 heterocycles. The third-order valence-electron chi connectivity index (χ3n) is 3.25. The lowest BCUT2D eigenvalue weighted by atomic mass is 10.2. The van der Waals surface area contributed by atoms with Crippen molar-refractivity contribution < 1.29 is 9.47 Å². The largest absolute Gasteiger partial charge is 0.491 e. The van der Waals surface area contributed by atoms with Crippen LogP contribution in [0.5, 0.6) is 11.5 Å². The number of hydrogen-bond donors (Lipinski definition) is 0. The molecule has 0 saturated heterocycles. The highest BCUT2D eigenvalue weighted by Crippen LogP contribution is 2.17. The fraction of sp³-hybridized carbons (Fsp3) is 0.222. The molecule has 2 aromatic carbocycles. The zero-order valence-corrected chi connectivity index (χ0v) is 12.3. The topological polar surface area (TPSA) is 43.2 Å². The van der Waals surface area contributed by atoms with Crippen molar-refractivity contribution in [2.75, 3.05) is 26.3 Å². The Bertz CT molecular complexity index is 621. The average Bonchev–Trinajstić information content (AvgIpc) is 2.56. The zero-order chi connectivity index (χ0) is 15.0. The van der Waals surface area contributed by atoms with Crippen molar-refractivity contribution in [1.29, 1.82) is 0 Å². The molecule has 0 bridgehead atoms. The van der Waals surface area contributed by atoms with E-state index in [0.717, 1.165) is 22.6 Å². The zero-order valence-electron chi connectivity index (χ0n) is 12.3. The molecule has 2 aromatic rings. The van der Waals surface area contributed by atoms with Gasteiger partial charge in [-0.25, -0.2) is 0 Å². The highest BCUT2D eigenvalue weighted by molar-refractivity contribution is 5.84. The van der Waals surface area contributed by atoms with Crippen LogP contribution in [0.25, 0.3) is 0 Å². The van der Waals surface area contributed by atoms with Crippen molar-refractivity contribution in [2.24, 2.45) is 9.98 Å². The van der Waals surface area contributed by atoms with Crippen LogP contribution in [0.2, 0.25) is 0 Å². The van der Waals surface area contributed by atoms with Crippen LogP contribution in [0.15, 0.2) is 58.5 Å². The van der Waals surface area contributed by atoms with Crippen LogP contribution in [-0.2, 0) is 0 Å². The third kappa shape index (κ3) is 3.73. The van der Waals surface area contributed by atoms with Crippen molar-refractivity contribution in [3.05, 3.63) is 59.7 Å². The molecule has 4 heteroatoms. The molecule has 0 aromatic heterocycles. The Hall–Kier alpha value is -2.62. The lowest BCUT2D eigenvalue weighted by molar-refractivity contribution is 0.325. The maximum absolute atomic E-state index is 5.78. The van der Waals surface area contributed by atoms with Crippen molar-refractivity contribution in [3.63, 3.8) is 0 Å². The van der Waals surface area contributed by atoms with Crippen LogP contribution in [0.4, 0.5) is 0 Å². The molecule has 1 aliphatic rings. The molecule has 0 unspecified atom stereocenters. The normalized spacial score (nSPS) is 14.9. The molecule has 0 amide bonds. The summed E-state index contributed by atoms with van der Waals surface area (Å²) in [6.45, 7) is 2.26. The minimum absolute atomic E-state index is 0.532. The van der Waals surface area contributed by atoms with E-state index in [2.05, 4.69) is 9.98 Å². The van der Waals surface area contributed by atoms with Crippen LogP contribution in [-0.4, -0.2) is 38.7 Å². The minimum atomic E-state index is 0.532. The molecule has 0 spiro atoms. The van der Waals surface area contributed by atoms with Gasteiger partial charge in [-0.1, -0.05) is 24.3 Å². The first-order valence-corrected chi connectivity index (χ1v) is 7.37. The number of benzene rings is 2. The molecule has 0 aliphatic carbocycles. The Morgan fingerprint density at radius 3 is 1.59 bits per heavy atom. The Labute approximate surface area is 130 Å². The van der Waals surface area contributed by atoms with E-state index in [-0.39, 0.29) is 0 Å². The van der Waals surface area contributed by atoms with Gasteiger partial charge >= 0.3 is 0 Å². The molecule has 22 heavy (non-hydrogen) atoms. The van der Waals surface area contributed by atoms with Crippen LogP contribution < -0.4 is 9.47 Å². The predicted octanol–water partition coefficient (Wildman–Crippen LogP) is 3.00. The van der Waals surface area contributed by atoms with Gasteiger partial charge in [-0.05, 0) is 24.3 Å². The number of para-hydroxylation sites is 2. The molecular formula is C18H18N2O2. The third-order valence-corrected chi connectivity index (χ3v) is 3.25. The van der Waals surface area contributed by atoms with E-state index in [1.807, 2.05) is 61.0 Å². The number of rotatable bonds is 0. The van der Waals surface area contributed by atoms with Gasteiger partial charge in [-0.2, -0.15) is 0 Å². The summed E-state index contributed by atoms with van der Waals surface area (Å²) in [5, 5.41) is 0. The van der Waals surface area contributed by atoms with Gasteiger partial charge in [0.25, 0.3) is 0 Å². The van der Waals surface area contributed by atoms with E-state index >= 15 is 0 Å². The van der Waals surface area contributed by atoms with E-state index in [0.29, 0.717) is 26.3 Å². The second kappa shape index (κ2) is 7.41.